The molecule has 0 radical (unpaired) electrons. The van der Waals surface area contributed by atoms with Crippen LogP contribution in [-0.2, 0) is 11.2 Å². The maximum Gasteiger partial charge on any atom is 0.410 e. The third-order valence-corrected chi connectivity index (χ3v) is 5.05. The maximum atomic E-state index is 12.2. The van der Waals surface area contributed by atoms with Gasteiger partial charge < -0.3 is 14.7 Å². The van der Waals surface area contributed by atoms with Crippen LogP contribution in [-0.4, -0.2) is 50.4 Å². The van der Waals surface area contributed by atoms with Gasteiger partial charge >= 0.3 is 12.1 Å². The molecule has 1 aliphatic rings. The number of likely N-dealkylation sites (tertiary alicyclic amines) is 1. The number of hydrogen-bond acceptors (Lipinski definition) is 4. The zero-order valence-electron chi connectivity index (χ0n) is 16.4. The summed E-state index contributed by atoms with van der Waals surface area (Å²) in [4.78, 5) is 25.4. The van der Waals surface area contributed by atoms with Crippen molar-refractivity contribution in [3.63, 3.8) is 0 Å². The number of pyridine rings is 1. The molecular weight excluding hydrogens is 346 g/mol. The molecule has 0 unspecified atom stereocenters. The van der Waals surface area contributed by atoms with E-state index in [0.29, 0.717) is 24.5 Å². The molecule has 0 aliphatic carbocycles. The standard InChI is InChI=1S/C20H27N3O4/c1-13-15(7-10-23-17(13)16(12-21-23)18(24)25)11-14-5-8-22(9-6-14)19(26)27-20(2,3)4/h7,10,12,14H,5-6,8-9,11H2,1-4H3,(H,24,25). The number of ether oxygens (including phenoxy) is 1. The summed E-state index contributed by atoms with van der Waals surface area (Å²) in [5.74, 6) is -0.503. The van der Waals surface area contributed by atoms with E-state index in [1.807, 2.05) is 40.0 Å². The van der Waals surface area contributed by atoms with Crippen LogP contribution in [0.4, 0.5) is 4.79 Å². The lowest BCUT2D eigenvalue weighted by Gasteiger charge is -2.33. The van der Waals surface area contributed by atoms with Crippen molar-refractivity contribution in [2.75, 3.05) is 13.1 Å². The fourth-order valence-corrected chi connectivity index (χ4v) is 3.62. The lowest BCUT2D eigenvalue weighted by Crippen LogP contribution is -2.42. The molecule has 0 aromatic carbocycles. The SMILES string of the molecule is Cc1c(CC2CCN(C(=O)OC(C)(C)C)CC2)ccn2ncc(C(=O)O)c12. The smallest absolute Gasteiger partial charge is 0.410 e. The van der Waals surface area contributed by atoms with E-state index in [9.17, 15) is 14.7 Å². The lowest BCUT2D eigenvalue weighted by atomic mass is 9.88. The lowest BCUT2D eigenvalue weighted by molar-refractivity contribution is 0.0184. The maximum absolute atomic E-state index is 12.2. The fraction of sp³-hybridized carbons (Fsp3) is 0.550. The van der Waals surface area contributed by atoms with E-state index in [1.165, 1.54) is 6.20 Å². The molecule has 1 fully saturated rings. The number of carbonyl (C=O) groups excluding carboxylic acids is 1. The van der Waals surface area contributed by atoms with Gasteiger partial charge in [0, 0.05) is 19.3 Å². The molecule has 0 spiro atoms. The molecule has 146 valence electrons. The molecule has 3 rings (SSSR count). The highest BCUT2D eigenvalue weighted by Gasteiger charge is 2.27. The minimum Gasteiger partial charge on any atom is -0.478 e. The Balaban J connectivity index is 1.67. The zero-order chi connectivity index (χ0) is 19.8. The molecule has 2 aromatic heterocycles. The Morgan fingerprint density at radius 3 is 2.56 bits per heavy atom. The Labute approximate surface area is 158 Å². The number of aromatic carboxylic acids is 1. The van der Waals surface area contributed by atoms with E-state index in [0.717, 1.165) is 30.4 Å². The van der Waals surface area contributed by atoms with Crippen molar-refractivity contribution in [2.24, 2.45) is 5.92 Å². The Morgan fingerprint density at radius 1 is 1.30 bits per heavy atom. The zero-order valence-corrected chi connectivity index (χ0v) is 16.4. The van der Waals surface area contributed by atoms with Gasteiger partial charge in [-0.2, -0.15) is 5.10 Å². The summed E-state index contributed by atoms with van der Waals surface area (Å²) in [6, 6.07) is 2.02. The molecule has 7 heteroatoms. The van der Waals surface area contributed by atoms with Gasteiger partial charge in [0.05, 0.1) is 11.7 Å². The predicted molar refractivity (Wildman–Crippen MR) is 101 cm³/mol. The average molecular weight is 373 g/mol. The third-order valence-electron chi connectivity index (χ3n) is 5.05. The summed E-state index contributed by atoms with van der Waals surface area (Å²) in [6.07, 6.45) is 5.66. The highest BCUT2D eigenvalue weighted by atomic mass is 16.6. The fourth-order valence-electron chi connectivity index (χ4n) is 3.62. The number of hydrogen-bond donors (Lipinski definition) is 1. The van der Waals surface area contributed by atoms with Gasteiger partial charge in [0.15, 0.2) is 0 Å². The van der Waals surface area contributed by atoms with E-state index in [2.05, 4.69) is 5.10 Å². The molecular formula is C20H27N3O4. The van der Waals surface area contributed by atoms with Crippen molar-refractivity contribution < 1.29 is 19.4 Å². The van der Waals surface area contributed by atoms with Crippen molar-refractivity contribution in [3.8, 4) is 0 Å². The van der Waals surface area contributed by atoms with Crippen LogP contribution >= 0.6 is 0 Å². The summed E-state index contributed by atoms with van der Waals surface area (Å²) >= 11 is 0. The van der Waals surface area contributed by atoms with E-state index >= 15 is 0 Å². The second kappa shape index (κ2) is 7.21. The number of nitrogens with zero attached hydrogens (tertiary/aromatic N) is 3. The number of rotatable bonds is 3. The summed E-state index contributed by atoms with van der Waals surface area (Å²) in [5.41, 5.74) is 2.51. The van der Waals surface area contributed by atoms with Gasteiger partial charge in [-0.15, -0.1) is 0 Å². The van der Waals surface area contributed by atoms with Crippen molar-refractivity contribution in [2.45, 2.75) is 52.6 Å². The van der Waals surface area contributed by atoms with Crippen LogP contribution in [0.15, 0.2) is 18.5 Å². The van der Waals surface area contributed by atoms with Crippen LogP contribution in [0, 0.1) is 12.8 Å². The molecule has 1 saturated heterocycles. The first-order chi connectivity index (χ1) is 12.7. The molecule has 1 N–H and O–H groups in total. The van der Waals surface area contributed by atoms with Gasteiger partial charge in [-0.3, -0.25) is 0 Å². The normalized spacial score (nSPS) is 15.9. The average Bonchev–Trinajstić information content (AvgIpc) is 3.01. The number of fused-ring (bicyclic) bond motifs is 1. The van der Waals surface area contributed by atoms with Gasteiger partial charge in [-0.05, 0) is 70.1 Å². The number of aromatic nitrogens is 2. The Morgan fingerprint density at radius 2 is 1.96 bits per heavy atom. The van der Waals surface area contributed by atoms with Crippen molar-refractivity contribution in [1.29, 1.82) is 0 Å². The van der Waals surface area contributed by atoms with E-state index in [4.69, 9.17) is 4.74 Å². The first kappa shape index (κ1) is 19.2. The summed E-state index contributed by atoms with van der Waals surface area (Å²) < 4.78 is 7.06. The number of carboxylic acid groups (broad SMARTS) is 1. The number of aryl methyl sites for hydroxylation is 1. The molecule has 1 aliphatic heterocycles. The number of amides is 1. The van der Waals surface area contributed by atoms with Gasteiger partial charge in [0.1, 0.15) is 11.2 Å². The second-order valence-electron chi connectivity index (χ2n) is 8.24. The summed E-state index contributed by atoms with van der Waals surface area (Å²) in [7, 11) is 0. The summed E-state index contributed by atoms with van der Waals surface area (Å²) in [6.45, 7) is 8.95. The first-order valence-corrected chi connectivity index (χ1v) is 9.33. The van der Waals surface area contributed by atoms with E-state index in [-0.39, 0.29) is 11.7 Å². The summed E-state index contributed by atoms with van der Waals surface area (Å²) in [5, 5.41) is 13.5. The minimum absolute atomic E-state index is 0.231. The predicted octanol–water partition coefficient (Wildman–Crippen LogP) is 3.53. The number of piperidine rings is 1. The van der Waals surface area contributed by atoms with Crippen LogP contribution in [0.25, 0.3) is 5.52 Å². The van der Waals surface area contributed by atoms with Gasteiger partial charge in [0.2, 0.25) is 0 Å². The molecule has 7 nitrogen and oxygen atoms in total. The molecule has 27 heavy (non-hydrogen) atoms. The molecule has 0 atom stereocenters. The first-order valence-electron chi connectivity index (χ1n) is 9.33. The number of carbonyl (C=O) groups is 2. The van der Waals surface area contributed by atoms with E-state index in [1.54, 1.807) is 9.42 Å². The van der Waals surface area contributed by atoms with Crippen molar-refractivity contribution >= 4 is 17.6 Å². The van der Waals surface area contributed by atoms with Gasteiger partial charge in [-0.1, -0.05) is 0 Å². The monoisotopic (exact) mass is 373 g/mol. The topological polar surface area (TPSA) is 84.1 Å². The largest absolute Gasteiger partial charge is 0.478 e. The van der Waals surface area contributed by atoms with Crippen molar-refractivity contribution in [1.82, 2.24) is 14.5 Å². The molecule has 1 amide bonds. The molecule has 0 bridgehead atoms. The Bertz CT molecular complexity index is 858. The van der Waals surface area contributed by atoms with Crippen LogP contribution in [0.1, 0.15) is 55.1 Å². The van der Waals surface area contributed by atoms with E-state index < -0.39 is 11.6 Å². The van der Waals surface area contributed by atoms with Crippen LogP contribution in [0.2, 0.25) is 0 Å². The third kappa shape index (κ3) is 4.23. The highest BCUT2D eigenvalue weighted by molar-refractivity contribution is 5.96. The highest BCUT2D eigenvalue weighted by Crippen LogP contribution is 2.27. The molecule has 0 saturated carbocycles. The van der Waals surface area contributed by atoms with Gasteiger partial charge in [-0.25, -0.2) is 14.1 Å². The molecule has 3 heterocycles. The Kier molecular flexibility index (Phi) is 5.13. The van der Waals surface area contributed by atoms with Crippen LogP contribution in [0.3, 0.4) is 0 Å². The van der Waals surface area contributed by atoms with Crippen molar-refractivity contribution in [3.05, 3.63) is 35.2 Å². The Hall–Kier alpha value is -2.57. The second-order valence-corrected chi connectivity index (χ2v) is 8.24. The number of carboxylic acids is 1. The molecule has 2 aromatic rings. The minimum atomic E-state index is -0.962. The van der Waals surface area contributed by atoms with Crippen LogP contribution in [0.5, 0.6) is 0 Å². The van der Waals surface area contributed by atoms with Gasteiger partial charge in [0.25, 0.3) is 0 Å². The quantitative estimate of drug-likeness (QED) is 0.890. The van der Waals surface area contributed by atoms with Crippen LogP contribution < -0.4 is 0 Å².